The van der Waals surface area contributed by atoms with Crippen molar-refractivity contribution < 1.29 is 0 Å². The molecule has 0 rings (SSSR count). The molecule has 0 amide bonds. The third kappa shape index (κ3) is 6.42. The van der Waals surface area contributed by atoms with E-state index in [-0.39, 0.29) is 0 Å². The van der Waals surface area contributed by atoms with Crippen LogP contribution in [0.3, 0.4) is 0 Å². The summed E-state index contributed by atoms with van der Waals surface area (Å²) in [5.41, 5.74) is 0. The molecule has 0 aromatic rings. The van der Waals surface area contributed by atoms with Crippen molar-refractivity contribution in [1.82, 2.24) is 0 Å². The number of rotatable bonds is 6. The first kappa shape index (κ1) is 13.4. The average Bonchev–Trinajstić information content (AvgIpc) is 1.82. The van der Waals surface area contributed by atoms with Gasteiger partial charge in [-0.3, -0.25) is 0 Å². The molecule has 0 radical (unpaired) electrons. The van der Waals surface area contributed by atoms with Crippen LogP contribution in [0, 0.1) is 0 Å². The highest BCUT2D eigenvalue weighted by molar-refractivity contribution is 8.01. The van der Waals surface area contributed by atoms with E-state index in [9.17, 15) is 0 Å². The second-order valence-electron chi connectivity index (χ2n) is 5.12. The van der Waals surface area contributed by atoms with Gasteiger partial charge in [0.1, 0.15) is 0 Å². The third-order valence-corrected chi connectivity index (χ3v) is 3.77. The van der Waals surface area contributed by atoms with Gasteiger partial charge in [0.25, 0.3) is 0 Å². The largest absolute Gasteiger partial charge is 0.149 e. The Labute approximate surface area is 88.9 Å². The van der Waals surface area contributed by atoms with Crippen LogP contribution in [0.5, 0.6) is 0 Å². The van der Waals surface area contributed by atoms with Crippen LogP contribution in [0.4, 0.5) is 0 Å². The quantitative estimate of drug-likeness (QED) is 0.591. The monoisotopic (exact) mass is 202 g/mol. The van der Waals surface area contributed by atoms with Gasteiger partial charge in [-0.1, -0.05) is 54.4 Å². The Morgan fingerprint density at radius 1 is 0.769 bits per heavy atom. The summed E-state index contributed by atoms with van der Waals surface area (Å²) in [5.74, 6) is 0. The Hall–Kier alpha value is 0.350. The van der Waals surface area contributed by atoms with Crippen LogP contribution < -0.4 is 0 Å². The molecular formula is C12H26S. The van der Waals surface area contributed by atoms with Crippen LogP contribution in [-0.4, -0.2) is 9.49 Å². The van der Waals surface area contributed by atoms with Crippen molar-refractivity contribution in [3.63, 3.8) is 0 Å². The Kier molecular flexibility index (Phi) is 5.43. The lowest BCUT2D eigenvalue weighted by molar-refractivity contribution is 0.581. The molecule has 0 saturated heterocycles. The van der Waals surface area contributed by atoms with Crippen molar-refractivity contribution in [3.8, 4) is 0 Å². The van der Waals surface area contributed by atoms with Crippen molar-refractivity contribution in [2.45, 2.75) is 76.7 Å². The number of thioether (sulfide) groups is 1. The van der Waals surface area contributed by atoms with E-state index in [4.69, 9.17) is 0 Å². The molecule has 0 nitrogen and oxygen atoms in total. The molecule has 0 unspecified atom stereocenters. The van der Waals surface area contributed by atoms with E-state index in [1.807, 2.05) is 0 Å². The predicted molar refractivity (Wildman–Crippen MR) is 65.6 cm³/mol. The maximum atomic E-state index is 2.37. The zero-order chi connectivity index (χ0) is 10.5. The first-order valence-corrected chi connectivity index (χ1v) is 6.35. The van der Waals surface area contributed by atoms with Crippen molar-refractivity contribution in [2.75, 3.05) is 0 Å². The first-order valence-electron chi connectivity index (χ1n) is 5.53. The smallest absolute Gasteiger partial charge is 0.0109 e. The highest BCUT2D eigenvalue weighted by Crippen LogP contribution is 2.41. The lowest BCUT2D eigenvalue weighted by atomic mass is 10.1. The van der Waals surface area contributed by atoms with Gasteiger partial charge in [0, 0.05) is 9.49 Å². The fraction of sp³-hybridized carbons (Fsp3) is 1.00. The minimum Gasteiger partial charge on any atom is -0.149 e. The highest BCUT2D eigenvalue weighted by atomic mass is 32.2. The standard InChI is InChI=1S/C12H26S/c1-7-9-11(3,4)13-12(5,6)10-8-2/h7-10H2,1-6H3. The molecule has 0 aromatic carbocycles. The average molecular weight is 202 g/mol. The predicted octanol–water partition coefficient (Wildman–Crippen LogP) is 4.88. The summed E-state index contributed by atoms with van der Waals surface area (Å²) < 4.78 is 0.904. The topological polar surface area (TPSA) is 0 Å². The molecule has 80 valence electrons. The summed E-state index contributed by atoms with van der Waals surface area (Å²) in [6, 6.07) is 0. The molecule has 0 aromatic heterocycles. The molecule has 0 saturated carbocycles. The van der Waals surface area contributed by atoms with Gasteiger partial charge in [0.05, 0.1) is 0 Å². The van der Waals surface area contributed by atoms with Gasteiger partial charge in [-0.2, -0.15) is 0 Å². The zero-order valence-corrected chi connectivity index (χ0v) is 11.1. The fourth-order valence-electron chi connectivity index (χ4n) is 2.05. The molecular weight excluding hydrogens is 176 g/mol. The summed E-state index contributed by atoms with van der Waals surface area (Å²) in [6.07, 6.45) is 5.24. The maximum absolute atomic E-state index is 2.37. The van der Waals surface area contributed by atoms with Gasteiger partial charge in [-0.25, -0.2) is 0 Å². The van der Waals surface area contributed by atoms with E-state index in [1.165, 1.54) is 25.7 Å². The Balaban J connectivity index is 4.07. The molecule has 0 heterocycles. The van der Waals surface area contributed by atoms with Gasteiger partial charge in [-0.05, 0) is 12.8 Å². The molecule has 0 N–H and O–H groups in total. The van der Waals surface area contributed by atoms with E-state index in [0.717, 1.165) is 0 Å². The van der Waals surface area contributed by atoms with Gasteiger partial charge >= 0.3 is 0 Å². The Bertz CT molecular complexity index is 120. The van der Waals surface area contributed by atoms with Crippen molar-refractivity contribution in [3.05, 3.63) is 0 Å². The van der Waals surface area contributed by atoms with Crippen molar-refractivity contribution >= 4 is 11.8 Å². The van der Waals surface area contributed by atoms with Crippen LogP contribution in [0.25, 0.3) is 0 Å². The number of hydrogen-bond donors (Lipinski definition) is 0. The molecule has 0 aliphatic heterocycles. The second-order valence-corrected chi connectivity index (χ2v) is 7.54. The maximum Gasteiger partial charge on any atom is 0.0109 e. The van der Waals surface area contributed by atoms with E-state index in [1.54, 1.807) is 0 Å². The van der Waals surface area contributed by atoms with Gasteiger partial charge in [0.2, 0.25) is 0 Å². The minimum absolute atomic E-state index is 0.452. The number of hydrogen-bond acceptors (Lipinski definition) is 1. The molecule has 0 atom stereocenters. The molecule has 0 fully saturated rings. The highest BCUT2D eigenvalue weighted by Gasteiger charge is 2.27. The summed E-state index contributed by atoms with van der Waals surface area (Å²) >= 11 is 2.15. The zero-order valence-electron chi connectivity index (χ0n) is 10.2. The minimum atomic E-state index is 0.452. The van der Waals surface area contributed by atoms with Gasteiger partial charge < -0.3 is 0 Å². The summed E-state index contributed by atoms with van der Waals surface area (Å²) in [7, 11) is 0. The lowest BCUT2D eigenvalue weighted by Gasteiger charge is -2.34. The van der Waals surface area contributed by atoms with Crippen LogP contribution >= 0.6 is 11.8 Å². The van der Waals surface area contributed by atoms with Crippen molar-refractivity contribution in [1.29, 1.82) is 0 Å². The first-order chi connectivity index (χ1) is 5.83. The Morgan fingerprint density at radius 2 is 1.08 bits per heavy atom. The van der Waals surface area contributed by atoms with Crippen molar-refractivity contribution in [2.24, 2.45) is 0 Å². The van der Waals surface area contributed by atoms with Crippen LogP contribution in [0.15, 0.2) is 0 Å². The molecule has 0 aliphatic carbocycles. The SMILES string of the molecule is CCCC(C)(C)SC(C)(C)CCC. The molecule has 0 aliphatic rings. The van der Waals surface area contributed by atoms with E-state index < -0.39 is 0 Å². The van der Waals surface area contributed by atoms with Gasteiger partial charge in [-0.15, -0.1) is 11.8 Å². The summed E-state index contributed by atoms with van der Waals surface area (Å²) in [4.78, 5) is 0. The Morgan fingerprint density at radius 3 is 1.31 bits per heavy atom. The molecule has 0 spiro atoms. The van der Waals surface area contributed by atoms with E-state index >= 15 is 0 Å². The molecule has 1 heteroatoms. The molecule has 0 bridgehead atoms. The normalized spacial score (nSPS) is 13.4. The van der Waals surface area contributed by atoms with Gasteiger partial charge in [0.15, 0.2) is 0 Å². The third-order valence-electron chi connectivity index (χ3n) is 2.26. The van der Waals surface area contributed by atoms with Crippen LogP contribution in [-0.2, 0) is 0 Å². The van der Waals surface area contributed by atoms with E-state index in [2.05, 4.69) is 53.3 Å². The second kappa shape index (κ2) is 5.29. The van der Waals surface area contributed by atoms with Crippen LogP contribution in [0.1, 0.15) is 67.2 Å². The van der Waals surface area contributed by atoms with E-state index in [0.29, 0.717) is 9.49 Å². The summed E-state index contributed by atoms with van der Waals surface area (Å²) in [6.45, 7) is 14.0. The summed E-state index contributed by atoms with van der Waals surface area (Å²) in [5, 5.41) is 0. The lowest BCUT2D eigenvalue weighted by Crippen LogP contribution is -2.25. The van der Waals surface area contributed by atoms with Crippen LogP contribution in [0.2, 0.25) is 0 Å². The molecule has 13 heavy (non-hydrogen) atoms. The fourth-order valence-corrected chi connectivity index (χ4v) is 4.16.